The van der Waals surface area contributed by atoms with Crippen molar-refractivity contribution in [3.8, 4) is 0 Å². The fourth-order valence-electron chi connectivity index (χ4n) is 3.65. The molecule has 3 rings (SSSR count). The average Bonchev–Trinajstić information content (AvgIpc) is 2.29. The zero-order chi connectivity index (χ0) is 10.3. The van der Waals surface area contributed by atoms with Crippen LogP contribution in [0.25, 0.3) is 0 Å². The molecule has 0 aromatic rings. The fraction of sp³-hybridized carbons (Fsp3) is 0.600. The van der Waals surface area contributed by atoms with Gasteiger partial charge in [-0.2, -0.15) is 0 Å². The van der Waals surface area contributed by atoms with Gasteiger partial charge < -0.3 is 0 Å². The monoisotopic (exact) mass is 200 g/mol. The van der Waals surface area contributed by atoms with Crippen molar-refractivity contribution >= 4 is 0 Å². The molecule has 80 valence electrons. The van der Waals surface area contributed by atoms with Gasteiger partial charge in [0.1, 0.15) is 0 Å². The molecule has 3 atom stereocenters. The maximum Gasteiger partial charge on any atom is -0.00933 e. The highest BCUT2D eigenvalue weighted by Crippen LogP contribution is 2.46. The second-order valence-electron chi connectivity index (χ2n) is 5.36. The van der Waals surface area contributed by atoms with Gasteiger partial charge in [0.15, 0.2) is 0 Å². The van der Waals surface area contributed by atoms with Gasteiger partial charge in [-0.3, -0.25) is 0 Å². The SMILES string of the molecule is CC1CCCC2C1=CC=C1C=CCCC12. The molecule has 0 nitrogen and oxygen atoms in total. The Morgan fingerprint density at radius 3 is 2.93 bits per heavy atom. The molecule has 0 radical (unpaired) electrons. The van der Waals surface area contributed by atoms with Crippen LogP contribution in [0.15, 0.2) is 35.5 Å². The normalized spacial score (nSPS) is 38.9. The van der Waals surface area contributed by atoms with Crippen molar-refractivity contribution in [1.82, 2.24) is 0 Å². The number of rotatable bonds is 0. The summed E-state index contributed by atoms with van der Waals surface area (Å²) < 4.78 is 0. The third-order valence-corrected chi connectivity index (χ3v) is 4.49. The molecule has 15 heavy (non-hydrogen) atoms. The highest BCUT2D eigenvalue weighted by molar-refractivity contribution is 5.38. The Bertz CT molecular complexity index is 343. The molecule has 0 bridgehead atoms. The summed E-state index contributed by atoms with van der Waals surface area (Å²) >= 11 is 0. The fourth-order valence-corrected chi connectivity index (χ4v) is 3.65. The van der Waals surface area contributed by atoms with Gasteiger partial charge in [-0.15, -0.1) is 0 Å². The summed E-state index contributed by atoms with van der Waals surface area (Å²) in [6, 6.07) is 0. The highest BCUT2D eigenvalue weighted by Gasteiger charge is 2.34. The maximum atomic E-state index is 2.43. The first kappa shape index (κ1) is 9.45. The molecule has 0 N–H and O–H groups in total. The summed E-state index contributed by atoms with van der Waals surface area (Å²) in [7, 11) is 0. The second-order valence-corrected chi connectivity index (χ2v) is 5.36. The van der Waals surface area contributed by atoms with Gasteiger partial charge in [-0.1, -0.05) is 43.2 Å². The Hall–Kier alpha value is -0.780. The zero-order valence-corrected chi connectivity index (χ0v) is 9.58. The Kier molecular flexibility index (Phi) is 2.31. The molecular weight excluding hydrogens is 180 g/mol. The van der Waals surface area contributed by atoms with E-state index < -0.39 is 0 Å². The van der Waals surface area contributed by atoms with Crippen molar-refractivity contribution in [2.45, 2.75) is 39.0 Å². The van der Waals surface area contributed by atoms with Crippen molar-refractivity contribution < 1.29 is 0 Å². The Balaban J connectivity index is 1.97. The minimum Gasteiger partial charge on any atom is -0.0842 e. The molecule has 3 aliphatic carbocycles. The standard InChI is InChI=1S/C15H20/c1-11-5-4-8-15-13(11)10-9-12-6-2-3-7-14(12)15/h2,6,9-11,14-15H,3-5,7-8H2,1H3. The van der Waals surface area contributed by atoms with Crippen molar-refractivity contribution in [3.63, 3.8) is 0 Å². The molecule has 0 heterocycles. The minimum atomic E-state index is 0.840. The Morgan fingerprint density at radius 2 is 2.00 bits per heavy atom. The Morgan fingerprint density at radius 1 is 1.07 bits per heavy atom. The number of hydrogen-bond donors (Lipinski definition) is 0. The highest BCUT2D eigenvalue weighted by atomic mass is 14.4. The van der Waals surface area contributed by atoms with E-state index in [2.05, 4.69) is 31.2 Å². The van der Waals surface area contributed by atoms with Crippen LogP contribution in [-0.4, -0.2) is 0 Å². The van der Waals surface area contributed by atoms with Gasteiger partial charge in [0, 0.05) is 0 Å². The third-order valence-electron chi connectivity index (χ3n) is 4.49. The van der Waals surface area contributed by atoms with E-state index in [0.717, 1.165) is 17.8 Å². The van der Waals surface area contributed by atoms with Crippen LogP contribution in [0.5, 0.6) is 0 Å². The van der Waals surface area contributed by atoms with E-state index in [0.29, 0.717) is 0 Å². The lowest BCUT2D eigenvalue weighted by Crippen LogP contribution is -2.28. The van der Waals surface area contributed by atoms with Gasteiger partial charge >= 0.3 is 0 Å². The van der Waals surface area contributed by atoms with E-state index in [1.54, 1.807) is 11.1 Å². The average molecular weight is 200 g/mol. The second kappa shape index (κ2) is 3.66. The minimum absolute atomic E-state index is 0.840. The maximum absolute atomic E-state index is 2.43. The topological polar surface area (TPSA) is 0 Å². The lowest BCUT2D eigenvalue weighted by Gasteiger charge is -2.40. The molecule has 0 saturated heterocycles. The van der Waals surface area contributed by atoms with E-state index >= 15 is 0 Å². The van der Waals surface area contributed by atoms with E-state index in [-0.39, 0.29) is 0 Å². The first-order valence-corrected chi connectivity index (χ1v) is 6.44. The van der Waals surface area contributed by atoms with Gasteiger partial charge in [0.25, 0.3) is 0 Å². The summed E-state index contributed by atoms with van der Waals surface area (Å²) in [4.78, 5) is 0. The molecule has 0 aliphatic heterocycles. The Labute approximate surface area is 92.8 Å². The van der Waals surface area contributed by atoms with Crippen LogP contribution in [0.3, 0.4) is 0 Å². The van der Waals surface area contributed by atoms with E-state index in [1.165, 1.54) is 32.1 Å². The van der Waals surface area contributed by atoms with E-state index in [1.807, 2.05) is 0 Å². The smallest absolute Gasteiger partial charge is 0.00933 e. The van der Waals surface area contributed by atoms with E-state index in [4.69, 9.17) is 0 Å². The van der Waals surface area contributed by atoms with Crippen LogP contribution in [0.1, 0.15) is 39.0 Å². The largest absolute Gasteiger partial charge is 0.0842 e. The van der Waals surface area contributed by atoms with Crippen molar-refractivity contribution in [1.29, 1.82) is 0 Å². The third kappa shape index (κ3) is 1.51. The predicted molar refractivity (Wildman–Crippen MR) is 64.5 cm³/mol. The summed E-state index contributed by atoms with van der Waals surface area (Å²) in [5.41, 5.74) is 3.36. The molecule has 0 aromatic heterocycles. The molecular formula is C15H20. The van der Waals surface area contributed by atoms with Crippen LogP contribution in [0.2, 0.25) is 0 Å². The lowest BCUT2D eigenvalue weighted by atomic mass is 9.65. The van der Waals surface area contributed by atoms with Crippen LogP contribution >= 0.6 is 0 Å². The number of hydrogen-bond acceptors (Lipinski definition) is 0. The zero-order valence-electron chi connectivity index (χ0n) is 9.58. The van der Waals surface area contributed by atoms with E-state index in [9.17, 15) is 0 Å². The number of fused-ring (bicyclic) bond motifs is 3. The molecule has 0 heteroatoms. The summed E-state index contributed by atoms with van der Waals surface area (Å²) in [6.07, 6.45) is 16.5. The van der Waals surface area contributed by atoms with Crippen molar-refractivity contribution in [2.24, 2.45) is 17.8 Å². The van der Waals surface area contributed by atoms with Crippen LogP contribution in [-0.2, 0) is 0 Å². The van der Waals surface area contributed by atoms with Gasteiger partial charge in [-0.05, 0) is 49.0 Å². The molecule has 1 fully saturated rings. The summed E-state index contributed by atoms with van der Waals surface area (Å²) in [5, 5.41) is 0. The van der Waals surface area contributed by atoms with Crippen molar-refractivity contribution in [3.05, 3.63) is 35.5 Å². The molecule has 3 aliphatic rings. The van der Waals surface area contributed by atoms with Crippen LogP contribution in [0, 0.1) is 17.8 Å². The molecule has 0 aromatic carbocycles. The summed E-state index contributed by atoms with van der Waals surface area (Å²) in [5.74, 6) is 2.59. The first-order chi connectivity index (χ1) is 7.36. The first-order valence-electron chi connectivity index (χ1n) is 6.44. The lowest BCUT2D eigenvalue weighted by molar-refractivity contribution is 0.296. The van der Waals surface area contributed by atoms with Crippen LogP contribution in [0.4, 0.5) is 0 Å². The van der Waals surface area contributed by atoms with Gasteiger partial charge in [0.2, 0.25) is 0 Å². The quantitative estimate of drug-likeness (QED) is 0.548. The van der Waals surface area contributed by atoms with Gasteiger partial charge in [0.05, 0.1) is 0 Å². The summed E-state index contributed by atoms with van der Waals surface area (Å²) in [6.45, 7) is 2.41. The van der Waals surface area contributed by atoms with Crippen LogP contribution < -0.4 is 0 Å². The van der Waals surface area contributed by atoms with Gasteiger partial charge in [-0.25, -0.2) is 0 Å². The van der Waals surface area contributed by atoms with Crippen molar-refractivity contribution in [2.75, 3.05) is 0 Å². The molecule has 0 spiro atoms. The molecule has 0 amide bonds. The number of allylic oxidation sites excluding steroid dienone is 6. The molecule has 3 unspecified atom stereocenters. The molecule has 1 saturated carbocycles. The predicted octanol–water partition coefficient (Wildman–Crippen LogP) is 4.26.